The van der Waals surface area contributed by atoms with Gasteiger partial charge >= 0.3 is 5.97 Å². The molecule has 0 unspecified atom stereocenters. The molecule has 0 amide bonds. The maximum atomic E-state index is 12.1. The Bertz CT molecular complexity index is 708. The molecular formula is C18H18O6. The number of rotatable bonds is 8. The van der Waals surface area contributed by atoms with E-state index in [1.807, 2.05) is 0 Å². The van der Waals surface area contributed by atoms with Gasteiger partial charge in [-0.2, -0.15) is 0 Å². The number of carboxylic acids is 1. The summed E-state index contributed by atoms with van der Waals surface area (Å²) in [4.78, 5) is 22.8. The van der Waals surface area contributed by atoms with Crippen LogP contribution in [0.1, 0.15) is 17.3 Å². The van der Waals surface area contributed by atoms with Gasteiger partial charge in [-0.1, -0.05) is 12.1 Å². The molecule has 0 heterocycles. The number of hydrogen-bond donors (Lipinski definition) is 1. The second-order valence-electron chi connectivity index (χ2n) is 5.01. The number of ketones is 1. The molecule has 0 aromatic heterocycles. The van der Waals surface area contributed by atoms with Crippen molar-refractivity contribution >= 4 is 11.8 Å². The van der Waals surface area contributed by atoms with Gasteiger partial charge in [0.15, 0.2) is 18.5 Å². The molecule has 0 saturated heterocycles. The van der Waals surface area contributed by atoms with Crippen LogP contribution in [0.2, 0.25) is 0 Å². The van der Waals surface area contributed by atoms with Crippen molar-refractivity contribution in [2.75, 3.05) is 13.7 Å². The SMILES string of the molecule is COc1cccc(C(=O)COc2ccc(O[C@@H](C)C(=O)O)cc2)c1. The summed E-state index contributed by atoms with van der Waals surface area (Å²) in [6.45, 7) is 1.33. The number of benzene rings is 2. The van der Waals surface area contributed by atoms with Gasteiger partial charge in [0.05, 0.1) is 7.11 Å². The summed E-state index contributed by atoms with van der Waals surface area (Å²) in [7, 11) is 1.54. The number of aliphatic carboxylic acids is 1. The first-order chi connectivity index (χ1) is 11.5. The lowest BCUT2D eigenvalue weighted by molar-refractivity contribution is -0.144. The molecule has 1 N–H and O–H groups in total. The van der Waals surface area contributed by atoms with Crippen molar-refractivity contribution in [3.8, 4) is 17.2 Å². The number of carbonyl (C=O) groups excluding carboxylic acids is 1. The molecular weight excluding hydrogens is 312 g/mol. The highest BCUT2D eigenvalue weighted by Gasteiger charge is 2.12. The van der Waals surface area contributed by atoms with Crippen LogP contribution in [0.5, 0.6) is 17.2 Å². The van der Waals surface area contributed by atoms with Gasteiger partial charge < -0.3 is 19.3 Å². The Morgan fingerprint density at radius 1 is 1.04 bits per heavy atom. The summed E-state index contributed by atoms with van der Waals surface area (Å²) in [6, 6.07) is 13.2. The van der Waals surface area contributed by atoms with E-state index in [0.717, 1.165) is 0 Å². The zero-order valence-electron chi connectivity index (χ0n) is 13.4. The van der Waals surface area contributed by atoms with Crippen LogP contribution in [0.3, 0.4) is 0 Å². The van der Waals surface area contributed by atoms with Crippen molar-refractivity contribution in [3.05, 3.63) is 54.1 Å². The molecule has 0 aliphatic rings. The molecule has 24 heavy (non-hydrogen) atoms. The van der Waals surface area contributed by atoms with Crippen molar-refractivity contribution in [2.24, 2.45) is 0 Å². The van der Waals surface area contributed by atoms with E-state index in [2.05, 4.69) is 0 Å². The van der Waals surface area contributed by atoms with Crippen molar-refractivity contribution in [1.82, 2.24) is 0 Å². The van der Waals surface area contributed by atoms with E-state index in [4.69, 9.17) is 19.3 Å². The number of methoxy groups -OCH3 is 1. The molecule has 0 radical (unpaired) electrons. The fourth-order valence-electron chi connectivity index (χ4n) is 1.90. The van der Waals surface area contributed by atoms with Crippen LogP contribution in [-0.2, 0) is 4.79 Å². The molecule has 6 nitrogen and oxygen atoms in total. The highest BCUT2D eigenvalue weighted by atomic mass is 16.5. The molecule has 0 fully saturated rings. The largest absolute Gasteiger partial charge is 0.497 e. The normalized spacial score (nSPS) is 11.4. The van der Waals surface area contributed by atoms with E-state index < -0.39 is 12.1 Å². The van der Waals surface area contributed by atoms with Crippen LogP contribution in [0.15, 0.2) is 48.5 Å². The van der Waals surface area contributed by atoms with Crippen molar-refractivity contribution in [3.63, 3.8) is 0 Å². The predicted octanol–water partition coefficient (Wildman–Crippen LogP) is 2.81. The maximum absolute atomic E-state index is 12.1. The smallest absolute Gasteiger partial charge is 0.344 e. The Hall–Kier alpha value is -3.02. The summed E-state index contributed by atoms with van der Waals surface area (Å²) >= 11 is 0. The lowest BCUT2D eigenvalue weighted by Gasteiger charge is -2.11. The standard InChI is InChI=1S/C18H18O6/c1-12(18(20)21)24-15-8-6-14(7-9-15)23-11-17(19)13-4-3-5-16(10-13)22-2/h3-10,12H,11H2,1-2H3,(H,20,21)/t12-/m0/s1. The van der Waals surface area contributed by atoms with Crippen molar-refractivity contribution in [1.29, 1.82) is 0 Å². The van der Waals surface area contributed by atoms with E-state index in [1.54, 1.807) is 48.5 Å². The molecule has 126 valence electrons. The summed E-state index contributed by atoms with van der Waals surface area (Å²) in [5.41, 5.74) is 0.504. The molecule has 0 aliphatic carbocycles. The average molecular weight is 330 g/mol. The zero-order chi connectivity index (χ0) is 17.5. The molecule has 2 aromatic rings. The van der Waals surface area contributed by atoms with Crippen LogP contribution in [-0.4, -0.2) is 36.7 Å². The first-order valence-corrected chi connectivity index (χ1v) is 7.29. The Kier molecular flexibility index (Phi) is 5.78. The van der Waals surface area contributed by atoms with E-state index in [0.29, 0.717) is 22.8 Å². The summed E-state index contributed by atoms with van der Waals surface area (Å²) in [5.74, 6) is 0.292. The first kappa shape index (κ1) is 17.3. The number of ether oxygens (including phenoxy) is 3. The molecule has 0 saturated carbocycles. The Morgan fingerprint density at radius 3 is 2.33 bits per heavy atom. The van der Waals surface area contributed by atoms with Gasteiger partial charge in [-0.15, -0.1) is 0 Å². The highest BCUT2D eigenvalue weighted by molar-refractivity contribution is 5.97. The minimum absolute atomic E-state index is 0.112. The third-order valence-electron chi connectivity index (χ3n) is 3.25. The fourth-order valence-corrected chi connectivity index (χ4v) is 1.90. The first-order valence-electron chi connectivity index (χ1n) is 7.29. The highest BCUT2D eigenvalue weighted by Crippen LogP contribution is 2.19. The third kappa shape index (κ3) is 4.74. The minimum atomic E-state index is -1.04. The van der Waals surface area contributed by atoms with E-state index >= 15 is 0 Å². The number of carboxylic acid groups (broad SMARTS) is 1. The number of carbonyl (C=O) groups is 2. The minimum Gasteiger partial charge on any atom is -0.497 e. The lowest BCUT2D eigenvalue weighted by atomic mass is 10.1. The van der Waals surface area contributed by atoms with Crippen LogP contribution in [0.4, 0.5) is 0 Å². The van der Waals surface area contributed by atoms with Gasteiger partial charge in [0.1, 0.15) is 17.2 Å². The van der Waals surface area contributed by atoms with Crippen LogP contribution < -0.4 is 14.2 Å². The number of Topliss-reactive ketones (excluding diaryl/α,β-unsaturated/α-hetero) is 1. The summed E-state index contributed by atoms with van der Waals surface area (Å²) in [5, 5.41) is 8.79. The zero-order valence-corrected chi connectivity index (χ0v) is 13.4. The molecule has 0 bridgehead atoms. The summed E-state index contributed by atoms with van der Waals surface area (Å²) in [6.07, 6.45) is -0.939. The number of hydrogen-bond acceptors (Lipinski definition) is 5. The maximum Gasteiger partial charge on any atom is 0.344 e. The second kappa shape index (κ2) is 8.01. The molecule has 2 rings (SSSR count). The van der Waals surface area contributed by atoms with Gasteiger partial charge in [-0.25, -0.2) is 4.79 Å². The van der Waals surface area contributed by atoms with Gasteiger partial charge in [-0.05, 0) is 43.3 Å². The van der Waals surface area contributed by atoms with E-state index in [-0.39, 0.29) is 12.4 Å². The predicted molar refractivity (Wildman–Crippen MR) is 87.0 cm³/mol. The van der Waals surface area contributed by atoms with Crippen molar-refractivity contribution < 1.29 is 28.9 Å². The van der Waals surface area contributed by atoms with Gasteiger partial charge in [0, 0.05) is 5.56 Å². The molecule has 0 aliphatic heterocycles. The molecule has 2 aromatic carbocycles. The van der Waals surface area contributed by atoms with Crippen molar-refractivity contribution in [2.45, 2.75) is 13.0 Å². The lowest BCUT2D eigenvalue weighted by Crippen LogP contribution is -2.22. The molecule has 1 atom stereocenters. The monoisotopic (exact) mass is 330 g/mol. The average Bonchev–Trinajstić information content (AvgIpc) is 2.60. The Labute approximate surface area is 139 Å². The van der Waals surface area contributed by atoms with Gasteiger partial charge in [0.25, 0.3) is 0 Å². The van der Waals surface area contributed by atoms with Crippen LogP contribution in [0.25, 0.3) is 0 Å². The molecule has 0 spiro atoms. The van der Waals surface area contributed by atoms with E-state index in [1.165, 1.54) is 14.0 Å². The van der Waals surface area contributed by atoms with Crippen LogP contribution in [0, 0.1) is 0 Å². The topological polar surface area (TPSA) is 82.1 Å². The van der Waals surface area contributed by atoms with E-state index in [9.17, 15) is 9.59 Å². The fraction of sp³-hybridized carbons (Fsp3) is 0.222. The Balaban J connectivity index is 1.92. The summed E-state index contributed by atoms with van der Waals surface area (Å²) < 4.78 is 15.7. The molecule has 6 heteroatoms. The van der Waals surface area contributed by atoms with Gasteiger partial charge in [0.2, 0.25) is 0 Å². The quantitative estimate of drug-likeness (QED) is 0.750. The Morgan fingerprint density at radius 2 is 1.71 bits per heavy atom. The van der Waals surface area contributed by atoms with Crippen LogP contribution >= 0.6 is 0 Å². The van der Waals surface area contributed by atoms with Gasteiger partial charge in [-0.3, -0.25) is 4.79 Å². The second-order valence-corrected chi connectivity index (χ2v) is 5.01. The third-order valence-corrected chi connectivity index (χ3v) is 3.25.